The second kappa shape index (κ2) is 5.50. The van der Waals surface area contributed by atoms with Crippen molar-refractivity contribution >= 4 is 34.1 Å². The smallest absolute Gasteiger partial charge is 0.258 e. The van der Waals surface area contributed by atoms with Crippen LogP contribution in [0.15, 0.2) is 48.8 Å². The SMILES string of the molecule is Cc1cc(Cl)c(C(=O)Nc2ccc3ncccc3c2)cn1. The summed E-state index contributed by atoms with van der Waals surface area (Å²) in [5.74, 6) is -0.282. The fraction of sp³-hybridized carbons (Fsp3) is 0.0625. The Morgan fingerprint density at radius 1 is 1.19 bits per heavy atom. The lowest BCUT2D eigenvalue weighted by Crippen LogP contribution is -2.13. The van der Waals surface area contributed by atoms with E-state index in [0.717, 1.165) is 16.6 Å². The molecule has 104 valence electrons. The van der Waals surface area contributed by atoms with Gasteiger partial charge in [0.1, 0.15) is 0 Å². The third-order valence-electron chi connectivity index (χ3n) is 3.10. The van der Waals surface area contributed by atoms with E-state index in [1.165, 1.54) is 6.20 Å². The molecular formula is C16H12ClN3O. The number of anilines is 1. The Labute approximate surface area is 126 Å². The molecule has 1 aromatic carbocycles. The summed E-state index contributed by atoms with van der Waals surface area (Å²) in [6.07, 6.45) is 3.22. The Hall–Kier alpha value is -2.46. The topological polar surface area (TPSA) is 54.9 Å². The highest BCUT2D eigenvalue weighted by Gasteiger charge is 2.11. The summed E-state index contributed by atoms with van der Waals surface area (Å²) in [7, 11) is 0. The highest BCUT2D eigenvalue weighted by atomic mass is 35.5. The van der Waals surface area contributed by atoms with Crippen molar-refractivity contribution in [1.29, 1.82) is 0 Å². The molecule has 0 aliphatic rings. The third kappa shape index (κ3) is 2.85. The molecule has 0 aliphatic heterocycles. The van der Waals surface area contributed by atoms with E-state index in [2.05, 4.69) is 15.3 Å². The molecule has 2 aromatic heterocycles. The maximum Gasteiger partial charge on any atom is 0.258 e. The molecule has 0 aliphatic carbocycles. The number of rotatable bonds is 2. The molecule has 0 saturated heterocycles. The van der Waals surface area contributed by atoms with Crippen molar-refractivity contribution in [3.05, 3.63) is 65.1 Å². The molecule has 0 saturated carbocycles. The number of pyridine rings is 2. The minimum absolute atomic E-state index is 0.282. The van der Waals surface area contributed by atoms with Crippen LogP contribution in [0.5, 0.6) is 0 Å². The van der Waals surface area contributed by atoms with Gasteiger partial charge in [0.15, 0.2) is 0 Å². The average Bonchev–Trinajstić information content (AvgIpc) is 2.47. The van der Waals surface area contributed by atoms with Gasteiger partial charge in [-0.05, 0) is 37.3 Å². The van der Waals surface area contributed by atoms with Crippen LogP contribution in [0, 0.1) is 6.92 Å². The number of hydrogen-bond acceptors (Lipinski definition) is 3. The van der Waals surface area contributed by atoms with Gasteiger partial charge in [0, 0.05) is 29.2 Å². The van der Waals surface area contributed by atoms with Gasteiger partial charge < -0.3 is 5.32 Å². The Balaban J connectivity index is 1.89. The lowest BCUT2D eigenvalue weighted by molar-refractivity contribution is 0.102. The molecule has 3 aromatic rings. The van der Waals surface area contributed by atoms with Crippen molar-refractivity contribution in [2.45, 2.75) is 6.92 Å². The van der Waals surface area contributed by atoms with Crippen LogP contribution in [-0.2, 0) is 0 Å². The van der Waals surface area contributed by atoms with Crippen LogP contribution in [0.25, 0.3) is 10.9 Å². The average molecular weight is 298 g/mol. The van der Waals surface area contributed by atoms with E-state index < -0.39 is 0 Å². The molecule has 0 radical (unpaired) electrons. The normalized spacial score (nSPS) is 10.6. The summed E-state index contributed by atoms with van der Waals surface area (Å²) >= 11 is 6.07. The first kappa shape index (κ1) is 13.5. The van der Waals surface area contributed by atoms with Crippen molar-refractivity contribution in [2.75, 3.05) is 5.32 Å². The number of carbonyl (C=O) groups excluding carboxylic acids is 1. The maximum atomic E-state index is 12.2. The minimum Gasteiger partial charge on any atom is -0.322 e. The van der Waals surface area contributed by atoms with Crippen molar-refractivity contribution < 1.29 is 4.79 Å². The largest absolute Gasteiger partial charge is 0.322 e. The molecule has 0 spiro atoms. The summed E-state index contributed by atoms with van der Waals surface area (Å²) in [6, 6.07) is 11.0. The molecule has 21 heavy (non-hydrogen) atoms. The summed E-state index contributed by atoms with van der Waals surface area (Å²) in [5.41, 5.74) is 2.70. The van der Waals surface area contributed by atoms with Crippen molar-refractivity contribution in [2.24, 2.45) is 0 Å². The molecule has 4 nitrogen and oxygen atoms in total. The zero-order chi connectivity index (χ0) is 14.8. The summed E-state index contributed by atoms with van der Waals surface area (Å²) in [5, 5.41) is 4.17. The molecule has 3 rings (SSSR count). The molecule has 5 heteroatoms. The fourth-order valence-electron chi connectivity index (χ4n) is 2.05. The lowest BCUT2D eigenvalue weighted by atomic mass is 10.2. The Bertz CT molecular complexity index is 833. The van der Waals surface area contributed by atoms with Crippen LogP contribution in [0.4, 0.5) is 5.69 Å². The number of benzene rings is 1. The van der Waals surface area contributed by atoms with Crippen molar-refractivity contribution in [3.63, 3.8) is 0 Å². The number of amides is 1. The Kier molecular flexibility index (Phi) is 3.54. The number of hydrogen-bond donors (Lipinski definition) is 1. The quantitative estimate of drug-likeness (QED) is 0.782. The monoisotopic (exact) mass is 297 g/mol. The predicted molar refractivity (Wildman–Crippen MR) is 83.7 cm³/mol. The number of halogens is 1. The standard InChI is InChI=1S/C16H12ClN3O/c1-10-7-14(17)13(9-19-10)16(21)20-12-4-5-15-11(8-12)3-2-6-18-15/h2-9H,1H3,(H,20,21). The lowest BCUT2D eigenvalue weighted by Gasteiger charge is -2.07. The predicted octanol–water partition coefficient (Wildman–Crippen LogP) is 3.84. The molecule has 0 fully saturated rings. The van der Waals surface area contributed by atoms with Crippen LogP contribution in [0.2, 0.25) is 5.02 Å². The number of fused-ring (bicyclic) bond motifs is 1. The molecule has 0 unspecified atom stereocenters. The second-order valence-electron chi connectivity index (χ2n) is 4.67. The van der Waals surface area contributed by atoms with Crippen LogP contribution < -0.4 is 5.32 Å². The van der Waals surface area contributed by atoms with E-state index in [1.54, 1.807) is 12.3 Å². The number of aryl methyl sites for hydroxylation is 1. The molecule has 2 heterocycles. The van der Waals surface area contributed by atoms with Gasteiger partial charge in [-0.2, -0.15) is 0 Å². The van der Waals surface area contributed by atoms with E-state index in [9.17, 15) is 4.79 Å². The van der Waals surface area contributed by atoms with Gasteiger partial charge in [-0.25, -0.2) is 0 Å². The van der Waals surface area contributed by atoms with E-state index in [-0.39, 0.29) is 5.91 Å². The van der Waals surface area contributed by atoms with Crippen molar-refractivity contribution in [1.82, 2.24) is 9.97 Å². The van der Waals surface area contributed by atoms with Crippen molar-refractivity contribution in [3.8, 4) is 0 Å². The van der Waals surface area contributed by atoms with Gasteiger partial charge in [-0.1, -0.05) is 17.7 Å². The highest BCUT2D eigenvalue weighted by Crippen LogP contribution is 2.20. The van der Waals surface area contributed by atoms with E-state index in [0.29, 0.717) is 16.3 Å². The molecule has 0 atom stereocenters. The van der Waals surface area contributed by atoms with E-state index in [4.69, 9.17) is 11.6 Å². The Morgan fingerprint density at radius 2 is 2.05 bits per heavy atom. The summed E-state index contributed by atoms with van der Waals surface area (Å²) in [6.45, 7) is 1.82. The summed E-state index contributed by atoms with van der Waals surface area (Å²) in [4.78, 5) is 20.6. The van der Waals surface area contributed by atoms with Gasteiger partial charge >= 0.3 is 0 Å². The second-order valence-corrected chi connectivity index (χ2v) is 5.08. The van der Waals surface area contributed by atoms with E-state index >= 15 is 0 Å². The Morgan fingerprint density at radius 3 is 2.86 bits per heavy atom. The first-order valence-corrected chi connectivity index (χ1v) is 6.79. The van der Waals surface area contributed by atoms with E-state index in [1.807, 2.05) is 37.3 Å². The zero-order valence-corrected chi connectivity index (χ0v) is 12.1. The molecule has 0 bridgehead atoms. The molecule has 1 N–H and O–H groups in total. The first-order valence-electron chi connectivity index (χ1n) is 6.42. The highest BCUT2D eigenvalue weighted by molar-refractivity contribution is 6.34. The number of nitrogens with one attached hydrogen (secondary N) is 1. The maximum absolute atomic E-state index is 12.2. The van der Waals surface area contributed by atoms with Gasteiger partial charge in [0.05, 0.1) is 16.1 Å². The zero-order valence-electron chi connectivity index (χ0n) is 11.3. The van der Waals surface area contributed by atoms with Crippen LogP contribution in [0.3, 0.4) is 0 Å². The van der Waals surface area contributed by atoms with Gasteiger partial charge in [-0.3, -0.25) is 14.8 Å². The van der Waals surface area contributed by atoms with Crippen LogP contribution in [-0.4, -0.2) is 15.9 Å². The number of carbonyl (C=O) groups is 1. The summed E-state index contributed by atoms with van der Waals surface area (Å²) < 4.78 is 0. The minimum atomic E-state index is -0.282. The van der Waals surface area contributed by atoms with Crippen LogP contribution in [0.1, 0.15) is 16.1 Å². The first-order chi connectivity index (χ1) is 10.1. The fourth-order valence-corrected chi connectivity index (χ4v) is 2.34. The van der Waals surface area contributed by atoms with Gasteiger partial charge in [-0.15, -0.1) is 0 Å². The van der Waals surface area contributed by atoms with Gasteiger partial charge in [0.2, 0.25) is 0 Å². The molecule has 1 amide bonds. The third-order valence-corrected chi connectivity index (χ3v) is 3.41. The van der Waals surface area contributed by atoms with Crippen LogP contribution >= 0.6 is 11.6 Å². The van der Waals surface area contributed by atoms with Gasteiger partial charge in [0.25, 0.3) is 5.91 Å². The number of nitrogens with zero attached hydrogens (tertiary/aromatic N) is 2. The molecular weight excluding hydrogens is 286 g/mol. The number of aromatic nitrogens is 2.